The van der Waals surface area contributed by atoms with Crippen LogP contribution in [0, 0.1) is 6.92 Å². The molecule has 0 aliphatic carbocycles. The number of rotatable bonds is 10. The molecule has 5 rings (SSSR count). The summed E-state index contributed by atoms with van der Waals surface area (Å²) in [5, 5.41) is 17.3. The van der Waals surface area contributed by atoms with E-state index in [0.717, 1.165) is 19.9 Å². The van der Waals surface area contributed by atoms with E-state index in [1.54, 1.807) is 66.7 Å². The second-order valence-corrected chi connectivity index (χ2v) is 12.2. The van der Waals surface area contributed by atoms with Gasteiger partial charge in [0.1, 0.15) is 22.2 Å². The van der Waals surface area contributed by atoms with Crippen molar-refractivity contribution in [3.05, 3.63) is 117 Å². The number of aromatic nitrogens is 2. The third-order valence-corrected chi connectivity index (χ3v) is 8.12. The van der Waals surface area contributed by atoms with Crippen LogP contribution in [-0.2, 0) is 9.59 Å². The lowest BCUT2D eigenvalue weighted by Crippen LogP contribution is -2.30. The number of hydrogen-bond acceptors (Lipinski definition) is 8. The van der Waals surface area contributed by atoms with Gasteiger partial charge in [-0.15, -0.1) is 22.0 Å². The molecule has 3 aromatic carbocycles. The van der Waals surface area contributed by atoms with E-state index in [1.807, 2.05) is 31.2 Å². The Kier molecular flexibility index (Phi) is 9.82. The maximum absolute atomic E-state index is 13.4. The summed E-state index contributed by atoms with van der Waals surface area (Å²) in [7, 11) is 0. The molecular weight excluding hydrogens is 650 g/mol. The van der Waals surface area contributed by atoms with Crippen molar-refractivity contribution in [3.8, 4) is 11.3 Å². The fourth-order valence-corrected chi connectivity index (χ4v) is 5.34. The predicted molar refractivity (Wildman–Crippen MR) is 173 cm³/mol. The van der Waals surface area contributed by atoms with Gasteiger partial charge in [0.15, 0.2) is 0 Å². The number of carbonyl (C=O) groups is 3. The highest BCUT2D eigenvalue weighted by Crippen LogP contribution is 2.26. The summed E-state index contributed by atoms with van der Waals surface area (Å²) in [6.07, 6.45) is 1.49. The van der Waals surface area contributed by atoms with Crippen molar-refractivity contribution >= 4 is 73.6 Å². The molecule has 0 aliphatic heterocycles. The Morgan fingerprint density at radius 1 is 0.907 bits per heavy atom. The molecule has 9 nitrogen and oxygen atoms in total. The number of benzene rings is 3. The number of hydrogen-bond donors (Lipinski definition) is 3. The first-order chi connectivity index (χ1) is 20.8. The first kappa shape index (κ1) is 30.0. The van der Waals surface area contributed by atoms with Crippen LogP contribution in [0.5, 0.6) is 0 Å². The summed E-state index contributed by atoms with van der Waals surface area (Å²) < 4.78 is 6.91. The van der Waals surface area contributed by atoms with Crippen LogP contribution in [0.4, 0.5) is 10.8 Å². The number of anilines is 2. The maximum Gasteiger partial charge on any atom is 0.272 e. The maximum atomic E-state index is 13.4. The number of nitrogens with one attached hydrogen (secondary N) is 3. The lowest BCUT2D eigenvalue weighted by atomic mass is 10.2. The molecule has 216 valence electrons. The van der Waals surface area contributed by atoms with E-state index < -0.39 is 11.8 Å². The third-order valence-electron chi connectivity index (χ3n) is 5.83. The van der Waals surface area contributed by atoms with Gasteiger partial charge in [0.05, 0.1) is 5.75 Å². The summed E-state index contributed by atoms with van der Waals surface area (Å²) >= 11 is 6.08. The van der Waals surface area contributed by atoms with Crippen molar-refractivity contribution < 1.29 is 18.8 Å². The van der Waals surface area contributed by atoms with Gasteiger partial charge in [0.2, 0.25) is 11.0 Å². The lowest BCUT2D eigenvalue weighted by molar-refractivity contribution is -0.114. The number of aryl methyl sites for hydroxylation is 1. The highest BCUT2D eigenvalue weighted by molar-refractivity contribution is 9.10. The van der Waals surface area contributed by atoms with Crippen molar-refractivity contribution in [1.82, 2.24) is 15.5 Å². The molecule has 0 unspecified atom stereocenters. The zero-order valence-electron chi connectivity index (χ0n) is 22.7. The molecule has 12 heteroatoms. The number of thioether (sulfide) groups is 1. The minimum atomic E-state index is -0.530. The van der Waals surface area contributed by atoms with Gasteiger partial charge < -0.3 is 15.1 Å². The van der Waals surface area contributed by atoms with Gasteiger partial charge in [0.25, 0.3) is 11.8 Å². The summed E-state index contributed by atoms with van der Waals surface area (Å²) in [6, 6.07) is 26.8. The Balaban J connectivity index is 1.27. The summed E-state index contributed by atoms with van der Waals surface area (Å²) in [6.45, 7) is 1.82. The van der Waals surface area contributed by atoms with Gasteiger partial charge in [-0.2, -0.15) is 0 Å². The zero-order chi connectivity index (χ0) is 30.2. The Labute approximate surface area is 263 Å². The summed E-state index contributed by atoms with van der Waals surface area (Å²) in [4.78, 5) is 39.4. The molecule has 5 aromatic rings. The van der Waals surface area contributed by atoms with Gasteiger partial charge in [-0.25, -0.2) is 0 Å². The molecule has 0 atom stereocenters. The molecule has 0 spiro atoms. The fraction of sp³-hybridized carbons (Fsp3) is 0.0645. The molecule has 2 aromatic heterocycles. The Morgan fingerprint density at radius 3 is 2.35 bits per heavy atom. The molecule has 0 fully saturated rings. The smallest absolute Gasteiger partial charge is 0.272 e. The average Bonchev–Trinajstić information content (AvgIpc) is 3.65. The molecule has 0 aliphatic rings. The van der Waals surface area contributed by atoms with Gasteiger partial charge in [-0.05, 0) is 67.6 Å². The van der Waals surface area contributed by atoms with Crippen molar-refractivity contribution in [3.63, 3.8) is 0 Å². The standard InChI is InChI=1S/C31H24BrN5O4S2/c1-19-36-37-31(43-19)35-28(38)18-42-25-14-11-23(12-15-25)33-30(40)26(34-29(39)21-5-3-2-4-6-21)17-24-13-16-27(41-24)20-7-9-22(32)10-8-20/h2-17H,18H2,1H3,(H,33,40)(H,34,39)(H,35,37,38)/b26-17-. The van der Waals surface area contributed by atoms with Gasteiger partial charge in [0, 0.05) is 32.3 Å². The number of amides is 3. The van der Waals surface area contributed by atoms with E-state index in [2.05, 4.69) is 42.1 Å². The van der Waals surface area contributed by atoms with Crippen molar-refractivity contribution in [1.29, 1.82) is 0 Å². The second kappa shape index (κ2) is 14.1. The largest absolute Gasteiger partial charge is 0.457 e. The van der Waals surface area contributed by atoms with Crippen molar-refractivity contribution in [2.75, 3.05) is 16.4 Å². The van der Waals surface area contributed by atoms with E-state index in [4.69, 9.17) is 4.42 Å². The Bertz CT molecular complexity index is 1770. The van der Waals surface area contributed by atoms with Crippen LogP contribution in [-0.4, -0.2) is 33.7 Å². The van der Waals surface area contributed by atoms with Gasteiger partial charge >= 0.3 is 0 Å². The Hall–Kier alpha value is -4.52. The van der Waals surface area contributed by atoms with Crippen molar-refractivity contribution in [2.45, 2.75) is 11.8 Å². The molecule has 0 saturated carbocycles. The lowest BCUT2D eigenvalue weighted by Gasteiger charge is -2.11. The summed E-state index contributed by atoms with van der Waals surface area (Å²) in [5.41, 5.74) is 1.79. The topological polar surface area (TPSA) is 126 Å². The number of carbonyl (C=O) groups excluding carboxylic acids is 3. The van der Waals surface area contributed by atoms with E-state index in [-0.39, 0.29) is 17.4 Å². The summed E-state index contributed by atoms with van der Waals surface area (Å²) in [5.74, 6) is 0.0454. The zero-order valence-corrected chi connectivity index (χ0v) is 25.9. The molecule has 2 heterocycles. The van der Waals surface area contributed by atoms with E-state index >= 15 is 0 Å². The normalized spacial score (nSPS) is 11.2. The van der Waals surface area contributed by atoms with Crippen LogP contribution in [0.25, 0.3) is 17.4 Å². The first-order valence-electron chi connectivity index (χ1n) is 12.9. The van der Waals surface area contributed by atoms with Crippen LogP contribution in [0.15, 0.2) is 110 Å². The molecule has 43 heavy (non-hydrogen) atoms. The van der Waals surface area contributed by atoms with Crippen LogP contribution in [0.1, 0.15) is 21.1 Å². The quantitative estimate of drug-likeness (QED) is 0.108. The molecular formula is C31H24BrN5O4S2. The van der Waals surface area contributed by atoms with Crippen molar-refractivity contribution in [2.24, 2.45) is 0 Å². The van der Waals surface area contributed by atoms with Crippen LogP contribution >= 0.6 is 39.0 Å². The SMILES string of the molecule is Cc1nnc(NC(=O)CSc2ccc(NC(=O)/C(=C/c3ccc(-c4ccc(Br)cc4)o3)NC(=O)c3ccccc3)cc2)s1. The molecule has 3 N–H and O–H groups in total. The minimum Gasteiger partial charge on any atom is -0.457 e. The van der Waals surface area contributed by atoms with E-state index in [0.29, 0.717) is 27.9 Å². The molecule has 3 amide bonds. The van der Waals surface area contributed by atoms with E-state index in [1.165, 1.54) is 29.2 Å². The second-order valence-electron chi connectivity index (χ2n) is 9.03. The Morgan fingerprint density at radius 2 is 1.65 bits per heavy atom. The van der Waals surface area contributed by atoms with Crippen LogP contribution in [0.3, 0.4) is 0 Å². The van der Waals surface area contributed by atoms with Gasteiger partial charge in [-0.3, -0.25) is 19.7 Å². The highest BCUT2D eigenvalue weighted by Gasteiger charge is 2.17. The number of furan rings is 1. The number of nitrogens with zero attached hydrogens (tertiary/aromatic N) is 2. The van der Waals surface area contributed by atoms with Gasteiger partial charge in [-0.1, -0.05) is 57.6 Å². The number of halogens is 1. The first-order valence-corrected chi connectivity index (χ1v) is 15.5. The molecule has 0 radical (unpaired) electrons. The molecule has 0 saturated heterocycles. The highest BCUT2D eigenvalue weighted by atomic mass is 79.9. The van der Waals surface area contributed by atoms with Crippen LogP contribution in [0.2, 0.25) is 0 Å². The van der Waals surface area contributed by atoms with Crippen LogP contribution < -0.4 is 16.0 Å². The average molecular weight is 675 g/mol. The fourth-order valence-electron chi connectivity index (χ4n) is 3.77. The predicted octanol–water partition coefficient (Wildman–Crippen LogP) is 7.01. The third kappa shape index (κ3) is 8.51. The minimum absolute atomic E-state index is 0.00703. The monoisotopic (exact) mass is 673 g/mol. The van der Waals surface area contributed by atoms with E-state index in [9.17, 15) is 14.4 Å². The molecule has 0 bridgehead atoms.